The number of hydrogen-bond acceptors (Lipinski definition) is 4. The third-order valence-electron chi connectivity index (χ3n) is 4.13. The van der Waals surface area contributed by atoms with E-state index in [2.05, 4.69) is 34.4 Å². The van der Waals surface area contributed by atoms with Crippen LogP contribution in [0.5, 0.6) is 0 Å². The molecule has 6 heteroatoms. The van der Waals surface area contributed by atoms with Gasteiger partial charge in [-0.15, -0.1) is 0 Å². The monoisotopic (exact) mass is 366 g/mol. The molecule has 1 aromatic heterocycles. The predicted octanol–water partition coefficient (Wildman–Crippen LogP) is 2.31. The molecule has 0 radical (unpaired) electrons. The summed E-state index contributed by atoms with van der Waals surface area (Å²) in [5.74, 6) is -0.653. The van der Waals surface area contributed by atoms with E-state index in [4.69, 9.17) is 0 Å². The Morgan fingerprint density at radius 2 is 1.81 bits per heavy atom. The number of benzene rings is 1. The molecule has 1 heterocycles. The number of amides is 2. The Bertz CT molecular complexity index is 756. The standard InChI is InChI=1S/C21H26N4O2/c1-3-25(4-2)14-13-23-21(27)19(15-17-9-8-12-22-16-17)24-20(26)18-10-6-5-7-11-18/h5-12,15-16H,3-4,13-14H2,1-2H3,(H,23,27)(H,24,26). The minimum atomic E-state index is -0.329. The van der Waals surface area contributed by atoms with E-state index >= 15 is 0 Å². The average Bonchev–Trinajstić information content (AvgIpc) is 2.72. The number of aromatic nitrogens is 1. The summed E-state index contributed by atoms with van der Waals surface area (Å²) in [5, 5.41) is 5.59. The number of likely N-dealkylation sites (N-methyl/N-ethyl adjacent to an activating group) is 1. The van der Waals surface area contributed by atoms with Crippen molar-refractivity contribution in [1.82, 2.24) is 20.5 Å². The fourth-order valence-corrected chi connectivity index (χ4v) is 2.53. The molecule has 0 saturated carbocycles. The van der Waals surface area contributed by atoms with Crippen LogP contribution in [0.4, 0.5) is 0 Å². The number of carbonyl (C=O) groups is 2. The van der Waals surface area contributed by atoms with Crippen LogP contribution in [0, 0.1) is 0 Å². The third-order valence-corrected chi connectivity index (χ3v) is 4.13. The summed E-state index contributed by atoms with van der Waals surface area (Å²) in [6, 6.07) is 12.4. The van der Waals surface area contributed by atoms with Gasteiger partial charge in [0.2, 0.25) is 0 Å². The molecule has 0 bridgehead atoms. The molecule has 0 atom stereocenters. The van der Waals surface area contributed by atoms with Gasteiger partial charge in [-0.05, 0) is 42.9 Å². The number of rotatable bonds is 9. The number of pyridine rings is 1. The molecule has 0 saturated heterocycles. The highest BCUT2D eigenvalue weighted by atomic mass is 16.2. The lowest BCUT2D eigenvalue weighted by atomic mass is 10.2. The average molecular weight is 366 g/mol. The van der Waals surface area contributed by atoms with Crippen molar-refractivity contribution < 1.29 is 9.59 Å². The molecule has 0 aliphatic rings. The van der Waals surface area contributed by atoms with Crippen LogP contribution < -0.4 is 10.6 Å². The molecule has 27 heavy (non-hydrogen) atoms. The van der Waals surface area contributed by atoms with Crippen LogP contribution >= 0.6 is 0 Å². The Hall–Kier alpha value is -2.99. The normalized spacial score (nSPS) is 11.3. The maximum Gasteiger partial charge on any atom is 0.267 e. The SMILES string of the molecule is CCN(CC)CCNC(=O)C(=Cc1cccnc1)NC(=O)c1ccccc1. The predicted molar refractivity (Wildman–Crippen MR) is 107 cm³/mol. The first-order valence-corrected chi connectivity index (χ1v) is 9.12. The fraction of sp³-hybridized carbons (Fsp3) is 0.286. The van der Waals surface area contributed by atoms with Gasteiger partial charge >= 0.3 is 0 Å². The molecule has 2 rings (SSSR count). The summed E-state index contributed by atoms with van der Waals surface area (Å²) in [6.07, 6.45) is 4.92. The van der Waals surface area contributed by atoms with Crippen LogP contribution in [-0.2, 0) is 4.79 Å². The van der Waals surface area contributed by atoms with Gasteiger partial charge in [0.15, 0.2) is 0 Å². The highest BCUT2D eigenvalue weighted by molar-refractivity contribution is 6.05. The molecule has 0 fully saturated rings. The van der Waals surface area contributed by atoms with Crippen LogP contribution in [0.3, 0.4) is 0 Å². The second-order valence-electron chi connectivity index (χ2n) is 5.95. The van der Waals surface area contributed by atoms with Crippen LogP contribution in [-0.4, -0.2) is 47.9 Å². The molecule has 2 aromatic rings. The first-order chi connectivity index (χ1) is 13.1. The molecule has 6 nitrogen and oxygen atoms in total. The van der Waals surface area contributed by atoms with Crippen molar-refractivity contribution in [2.45, 2.75) is 13.8 Å². The number of carbonyl (C=O) groups excluding carboxylic acids is 2. The van der Waals surface area contributed by atoms with Gasteiger partial charge in [-0.1, -0.05) is 38.1 Å². The molecule has 2 N–H and O–H groups in total. The van der Waals surface area contributed by atoms with Crippen LogP contribution in [0.15, 0.2) is 60.6 Å². The molecule has 0 unspecified atom stereocenters. The Morgan fingerprint density at radius 3 is 2.44 bits per heavy atom. The highest BCUT2D eigenvalue weighted by Gasteiger charge is 2.14. The van der Waals surface area contributed by atoms with Crippen LogP contribution in [0.25, 0.3) is 6.08 Å². The first kappa shape index (κ1) is 20.3. The van der Waals surface area contributed by atoms with Gasteiger partial charge in [0.05, 0.1) is 0 Å². The smallest absolute Gasteiger partial charge is 0.267 e. The molecule has 0 aliphatic carbocycles. The van der Waals surface area contributed by atoms with E-state index in [0.29, 0.717) is 12.1 Å². The molecule has 2 amide bonds. The van der Waals surface area contributed by atoms with Crippen molar-refractivity contribution in [3.05, 3.63) is 71.7 Å². The Balaban J connectivity index is 2.11. The second-order valence-corrected chi connectivity index (χ2v) is 5.95. The lowest BCUT2D eigenvalue weighted by molar-refractivity contribution is -0.117. The topological polar surface area (TPSA) is 74.3 Å². The molecule has 142 valence electrons. The zero-order valence-electron chi connectivity index (χ0n) is 15.8. The summed E-state index contributed by atoms with van der Waals surface area (Å²) in [6.45, 7) is 7.28. The van der Waals surface area contributed by atoms with Crippen molar-refractivity contribution in [2.24, 2.45) is 0 Å². The van der Waals surface area contributed by atoms with Gasteiger partial charge in [0.25, 0.3) is 11.8 Å². The number of nitrogens with one attached hydrogen (secondary N) is 2. The lowest BCUT2D eigenvalue weighted by Crippen LogP contribution is -2.39. The van der Waals surface area contributed by atoms with Gasteiger partial charge in [-0.2, -0.15) is 0 Å². The minimum absolute atomic E-state index is 0.191. The number of nitrogens with zero attached hydrogens (tertiary/aromatic N) is 2. The quantitative estimate of drug-likeness (QED) is 0.668. The van der Waals surface area contributed by atoms with Crippen molar-refractivity contribution in [2.75, 3.05) is 26.2 Å². The van der Waals surface area contributed by atoms with Crippen molar-refractivity contribution >= 4 is 17.9 Å². The molecular formula is C21H26N4O2. The summed E-state index contributed by atoms with van der Waals surface area (Å²) in [7, 11) is 0. The van der Waals surface area contributed by atoms with E-state index in [9.17, 15) is 9.59 Å². The third kappa shape index (κ3) is 6.67. The Kier molecular flexibility index (Phi) is 8.19. The van der Waals surface area contributed by atoms with E-state index in [-0.39, 0.29) is 17.5 Å². The largest absolute Gasteiger partial charge is 0.349 e. The van der Waals surface area contributed by atoms with Gasteiger partial charge < -0.3 is 15.5 Å². The zero-order valence-corrected chi connectivity index (χ0v) is 15.8. The molecular weight excluding hydrogens is 340 g/mol. The maximum atomic E-state index is 12.6. The van der Waals surface area contributed by atoms with Gasteiger partial charge in [0, 0.05) is 31.0 Å². The van der Waals surface area contributed by atoms with Crippen molar-refractivity contribution in [3.8, 4) is 0 Å². The van der Waals surface area contributed by atoms with E-state index in [1.54, 1.807) is 48.8 Å². The lowest BCUT2D eigenvalue weighted by Gasteiger charge is -2.18. The van der Waals surface area contributed by atoms with E-state index in [1.165, 1.54) is 0 Å². The summed E-state index contributed by atoms with van der Waals surface area (Å²) >= 11 is 0. The molecule has 0 spiro atoms. The van der Waals surface area contributed by atoms with Crippen molar-refractivity contribution in [1.29, 1.82) is 0 Å². The summed E-state index contributed by atoms with van der Waals surface area (Å²) in [4.78, 5) is 31.4. The summed E-state index contributed by atoms with van der Waals surface area (Å²) < 4.78 is 0. The maximum absolute atomic E-state index is 12.6. The van der Waals surface area contributed by atoms with E-state index in [1.807, 2.05) is 12.1 Å². The first-order valence-electron chi connectivity index (χ1n) is 9.12. The van der Waals surface area contributed by atoms with E-state index < -0.39 is 0 Å². The minimum Gasteiger partial charge on any atom is -0.349 e. The molecule has 1 aromatic carbocycles. The summed E-state index contributed by atoms with van der Waals surface area (Å²) in [5.41, 5.74) is 1.42. The van der Waals surface area contributed by atoms with Gasteiger partial charge in [-0.3, -0.25) is 14.6 Å². The highest BCUT2D eigenvalue weighted by Crippen LogP contribution is 2.06. The van der Waals surface area contributed by atoms with Gasteiger partial charge in [0.1, 0.15) is 5.70 Å². The Morgan fingerprint density at radius 1 is 1.07 bits per heavy atom. The Labute approximate surface area is 160 Å². The van der Waals surface area contributed by atoms with Crippen molar-refractivity contribution in [3.63, 3.8) is 0 Å². The molecule has 0 aliphatic heterocycles. The van der Waals surface area contributed by atoms with E-state index in [0.717, 1.165) is 25.2 Å². The van der Waals surface area contributed by atoms with Gasteiger partial charge in [-0.25, -0.2) is 0 Å². The van der Waals surface area contributed by atoms with Crippen LogP contribution in [0.2, 0.25) is 0 Å². The fourth-order valence-electron chi connectivity index (χ4n) is 2.53. The number of hydrogen-bond donors (Lipinski definition) is 2. The zero-order chi connectivity index (χ0) is 19.5. The van der Waals surface area contributed by atoms with Crippen LogP contribution in [0.1, 0.15) is 29.8 Å². The second kappa shape index (κ2) is 10.9.